The monoisotopic (exact) mass is 493 g/mol. The van der Waals surface area contributed by atoms with Crippen molar-refractivity contribution in [1.29, 1.82) is 0 Å². The Hall–Kier alpha value is -3.22. The molecule has 0 spiro atoms. The first-order chi connectivity index (χ1) is 16.5. The first kappa shape index (κ1) is 23.5. The van der Waals surface area contributed by atoms with E-state index < -0.39 is 23.5 Å². The van der Waals surface area contributed by atoms with Crippen molar-refractivity contribution < 1.29 is 23.8 Å². The summed E-state index contributed by atoms with van der Waals surface area (Å²) < 4.78 is 26.6. The highest BCUT2D eigenvalue weighted by atomic mass is 35.5. The van der Waals surface area contributed by atoms with Gasteiger partial charge in [-0.25, -0.2) is 9.18 Å². The zero-order chi connectivity index (χ0) is 25.1. The maximum Gasteiger partial charge on any atom is 0.337 e. The third-order valence-corrected chi connectivity index (χ3v) is 6.53. The van der Waals surface area contributed by atoms with Gasteiger partial charge in [0.05, 0.1) is 22.7 Å². The normalized spacial score (nSPS) is 14.2. The van der Waals surface area contributed by atoms with Crippen LogP contribution in [0.15, 0.2) is 42.6 Å². The van der Waals surface area contributed by atoms with Crippen molar-refractivity contribution in [3.8, 4) is 16.9 Å². The van der Waals surface area contributed by atoms with Crippen LogP contribution in [-0.4, -0.2) is 28.3 Å². The molecule has 4 aromatic rings. The summed E-state index contributed by atoms with van der Waals surface area (Å²) in [6.45, 7) is 7.80. The summed E-state index contributed by atoms with van der Waals surface area (Å²) in [6, 6.07) is 10.1. The summed E-state index contributed by atoms with van der Waals surface area (Å²) in [4.78, 5) is 17.2. The zero-order valence-corrected chi connectivity index (χ0v) is 20.7. The maximum atomic E-state index is 14.7. The molecule has 0 radical (unpaired) electrons. The number of carboxylic acids is 1. The van der Waals surface area contributed by atoms with Crippen LogP contribution in [-0.2, 0) is 16.0 Å². The van der Waals surface area contributed by atoms with Gasteiger partial charge in [0.1, 0.15) is 11.6 Å². The average Bonchev–Trinajstić information content (AvgIpc) is 2.78. The second-order valence-corrected chi connectivity index (χ2v) is 10.2. The van der Waals surface area contributed by atoms with E-state index in [9.17, 15) is 14.3 Å². The van der Waals surface area contributed by atoms with Gasteiger partial charge in [-0.2, -0.15) is 0 Å². The van der Waals surface area contributed by atoms with E-state index in [1.54, 1.807) is 33.0 Å². The highest BCUT2D eigenvalue weighted by Crippen LogP contribution is 2.46. The van der Waals surface area contributed by atoms with Crippen LogP contribution >= 0.6 is 11.6 Å². The molecule has 0 aliphatic carbocycles. The van der Waals surface area contributed by atoms with Gasteiger partial charge in [0.15, 0.2) is 6.10 Å². The van der Waals surface area contributed by atoms with E-state index in [4.69, 9.17) is 21.1 Å². The van der Waals surface area contributed by atoms with Gasteiger partial charge >= 0.3 is 5.97 Å². The van der Waals surface area contributed by atoms with Crippen LogP contribution in [0.1, 0.15) is 43.6 Å². The van der Waals surface area contributed by atoms with Crippen LogP contribution in [0.5, 0.6) is 5.75 Å². The largest absolute Gasteiger partial charge is 0.493 e. The zero-order valence-electron chi connectivity index (χ0n) is 19.9. The summed E-state index contributed by atoms with van der Waals surface area (Å²) in [5.41, 5.74) is 3.35. The van der Waals surface area contributed by atoms with Gasteiger partial charge < -0.3 is 14.6 Å². The molecule has 0 saturated carbocycles. The average molecular weight is 494 g/mol. The minimum Gasteiger partial charge on any atom is -0.493 e. The van der Waals surface area contributed by atoms with Crippen molar-refractivity contribution in [2.45, 2.75) is 45.8 Å². The minimum absolute atomic E-state index is 0.249. The highest BCUT2D eigenvalue weighted by molar-refractivity contribution is 6.36. The summed E-state index contributed by atoms with van der Waals surface area (Å²) >= 11 is 6.47. The van der Waals surface area contributed by atoms with E-state index in [1.165, 1.54) is 12.1 Å². The van der Waals surface area contributed by atoms with Crippen LogP contribution in [0, 0.1) is 12.7 Å². The molecule has 0 saturated heterocycles. The second-order valence-electron chi connectivity index (χ2n) is 9.82. The van der Waals surface area contributed by atoms with Gasteiger partial charge in [-0.15, -0.1) is 0 Å². The smallest absolute Gasteiger partial charge is 0.337 e. The number of aliphatic carboxylic acids is 1. The third-order valence-electron chi connectivity index (χ3n) is 6.22. The van der Waals surface area contributed by atoms with Crippen molar-refractivity contribution in [3.05, 3.63) is 70.1 Å². The Morgan fingerprint density at radius 1 is 1.20 bits per heavy atom. The molecule has 3 aromatic carbocycles. The third kappa shape index (κ3) is 4.11. The molecule has 5 nitrogen and oxygen atoms in total. The Bertz CT molecular complexity index is 1500. The van der Waals surface area contributed by atoms with E-state index in [1.807, 2.05) is 25.1 Å². The van der Waals surface area contributed by atoms with E-state index in [0.717, 1.165) is 23.1 Å². The Kier molecular flexibility index (Phi) is 5.69. The SMILES string of the molecule is Cc1cc2c(Cl)cc(F)cc2c(-c2ccc3c4c(ccnc24)CCO3)c1[C@H](OC(C)(C)C)C(=O)O. The highest BCUT2D eigenvalue weighted by Gasteiger charge is 2.33. The molecule has 1 atom stereocenters. The fourth-order valence-electron chi connectivity index (χ4n) is 4.89. The fourth-order valence-corrected chi connectivity index (χ4v) is 5.15. The van der Waals surface area contributed by atoms with Crippen molar-refractivity contribution in [2.24, 2.45) is 0 Å². The fraction of sp³-hybridized carbons (Fsp3) is 0.286. The lowest BCUT2D eigenvalue weighted by Gasteiger charge is -2.29. The Morgan fingerprint density at radius 2 is 1.97 bits per heavy atom. The summed E-state index contributed by atoms with van der Waals surface area (Å²) in [7, 11) is 0. The van der Waals surface area contributed by atoms with Gasteiger partial charge in [0.25, 0.3) is 0 Å². The van der Waals surface area contributed by atoms with Crippen molar-refractivity contribution >= 4 is 39.2 Å². The van der Waals surface area contributed by atoms with Crippen molar-refractivity contribution in [3.63, 3.8) is 0 Å². The number of aryl methyl sites for hydroxylation is 1. The van der Waals surface area contributed by atoms with Gasteiger partial charge in [0, 0.05) is 34.5 Å². The summed E-state index contributed by atoms with van der Waals surface area (Å²) in [5, 5.41) is 12.5. The molecule has 0 bridgehead atoms. The first-order valence-electron chi connectivity index (χ1n) is 11.4. The molecular weight excluding hydrogens is 469 g/mol. The molecule has 1 aliphatic rings. The Labute approximate surface area is 207 Å². The van der Waals surface area contributed by atoms with Crippen molar-refractivity contribution in [1.82, 2.24) is 4.98 Å². The summed E-state index contributed by atoms with van der Waals surface area (Å²) in [5.74, 6) is -0.923. The molecule has 35 heavy (non-hydrogen) atoms. The Morgan fingerprint density at radius 3 is 2.69 bits per heavy atom. The van der Waals surface area contributed by atoms with Crippen LogP contribution in [0.2, 0.25) is 5.02 Å². The molecule has 0 amide bonds. The number of carbonyl (C=O) groups is 1. The number of carboxylic acid groups (broad SMARTS) is 1. The molecular formula is C28H25ClFNO4. The molecule has 0 fully saturated rings. The molecule has 1 aliphatic heterocycles. The van der Waals surface area contributed by atoms with Gasteiger partial charge in [0.2, 0.25) is 0 Å². The standard InChI is InChI=1S/C28H25ClFNO4/c1-14-11-18-19(12-16(30)13-20(18)29)24(22(14)26(27(32)33)35-28(2,3)4)17-5-6-21-23-15(8-10-34-21)7-9-31-25(17)23/h5-7,9,11-13,26H,8,10H2,1-4H3,(H,32,33)/t26-/m0/s1. The van der Waals surface area contributed by atoms with Gasteiger partial charge in [-0.3, -0.25) is 4.98 Å². The number of aromatic nitrogens is 1. The van der Waals surface area contributed by atoms with Crippen LogP contribution in [0.25, 0.3) is 32.8 Å². The van der Waals surface area contributed by atoms with E-state index in [-0.39, 0.29) is 5.02 Å². The Balaban J connectivity index is 1.95. The number of hydrogen-bond donors (Lipinski definition) is 1. The number of benzene rings is 3. The molecule has 1 aromatic heterocycles. The number of ether oxygens (including phenoxy) is 2. The number of pyridine rings is 1. The molecule has 0 unspecified atom stereocenters. The van der Waals surface area contributed by atoms with Crippen LogP contribution in [0.4, 0.5) is 4.39 Å². The maximum absolute atomic E-state index is 14.7. The van der Waals surface area contributed by atoms with Crippen LogP contribution in [0.3, 0.4) is 0 Å². The predicted octanol–water partition coefficient (Wildman–Crippen LogP) is 7.03. The predicted molar refractivity (Wildman–Crippen MR) is 135 cm³/mol. The number of halogens is 2. The summed E-state index contributed by atoms with van der Waals surface area (Å²) in [6.07, 6.45) is 1.18. The second kappa shape index (κ2) is 8.47. The lowest BCUT2D eigenvalue weighted by Crippen LogP contribution is -2.28. The van der Waals surface area contributed by atoms with Crippen LogP contribution < -0.4 is 4.74 Å². The van der Waals surface area contributed by atoms with Crippen molar-refractivity contribution in [2.75, 3.05) is 6.61 Å². The number of nitrogens with zero attached hydrogens (tertiary/aromatic N) is 1. The molecule has 5 rings (SSSR count). The lowest BCUT2D eigenvalue weighted by molar-refractivity contribution is -0.160. The van der Waals surface area contributed by atoms with Gasteiger partial charge in [-0.05, 0) is 86.2 Å². The molecule has 180 valence electrons. The number of hydrogen-bond acceptors (Lipinski definition) is 4. The lowest BCUT2D eigenvalue weighted by atomic mass is 9.85. The number of rotatable bonds is 4. The first-order valence-corrected chi connectivity index (χ1v) is 11.8. The van der Waals surface area contributed by atoms with E-state index >= 15 is 0 Å². The van der Waals surface area contributed by atoms with E-state index in [0.29, 0.717) is 45.1 Å². The molecule has 7 heteroatoms. The minimum atomic E-state index is -1.29. The topological polar surface area (TPSA) is 68.7 Å². The number of fused-ring (bicyclic) bond motifs is 1. The van der Waals surface area contributed by atoms with Gasteiger partial charge in [-0.1, -0.05) is 11.6 Å². The molecule has 1 N–H and O–H groups in total. The molecule has 2 heterocycles. The quantitative estimate of drug-likeness (QED) is 0.330. The van der Waals surface area contributed by atoms with E-state index in [2.05, 4.69) is 4.98 Å².